The van der Waals surface area contributed by atoms with E-state index in [1.165, 1.54) is 6.08 Å². The molecule has 4 aromatic carbocycles. The average Bonchev–Trinajstić information content (AvgIpc) is 3.32. The van der Waals surface area contributed by atoms with E-state index in [2.05, 4.69) is 0 Å². The number of aliphatic carboxylic acids is 1. The highest BCUT2D eigenvalue weighted by Gasteiger charge is 2.46. The van der Waals surface area contributed by atoms with Gasteiger partial charge < -0.3 is 14.3 Å². The van der Waals surface area contributed by atoms with Gasteiger partial charge in [-0.3, -0.25) is 0 Å². The number of halogens is 1. The summed E-state index contributed by atoms with van der Waals surface area (Å²) in [4.78, 5) is 12.4. The van der Waals surface area contributed by atoms with Gasteiger partial charge in [-0.2, -0.15) is 0 Å². The highest BCUT2D eigenvalue weighted by atomic mass is 19.1. The van der Waals surface area contributed by atoms with E-state index >= 15 is 4.39 Å². The largest absolute Gasteiger partial charge is 0.479 e. The van der Waals surface area contributed by atoms with Crippen molar-refractivity contribution in [2.24, 2.45) is 0 Å². The molecule has 37 heavy (non-hydrogen) atoms. The lowest BCUT2D eigenvalue weighted by Crippen LogP contribution is -2.41. The average molecular weight is 491 g/mol. The van der Waals surface area contributed by atoms with Crippen molar-refractivity contribution in [3.05, 3.63) is 138 Å². The number of fused-ring (bicyclic) bond motifs is 3. The number of hydrogen-bond acceptors (Lipinski definition) is 3. The zero-order valence-electron chi connectivity index (χ0n) is 19.8. The normalized spacial score (nSPS) is 20.1. The van der Waals surface area contributed by atoms with E-state index in [1.807, 2.05) is 66.7 Å². The maximum Gasteiger partial charge on any atom is 0.337 e. The van der Waals surface area contributed by atoms with Crippen LogP contribution in [0.25, 0.3) is 27.5 Å². The Morgan fingerprint density at radius 1 is 0.865 bits per heavy atom. The Balaban J connectivity index is 1.56. The van der Waals surface area contributed by atoms with Gasteiger partial charge in [0.05, 0.1) is 0 Å². The second kappa shape index (κ2) is 9.19. The van der Waals surface area contributed by atoms with Gasteiger partial charge in [0, 0.05) is 16.3 Å². The van der Waals surface area contributed by atoms with Crippen molar-refractivity contribution in [3.63, 3.8) is 0 Å². The van der Waals surface area contributed by atoms with Crippen LogP contribution in [0.2, 0.25) is 0 Å². The Bertz CT molecular complexity index is 1650. The first-order chi connectivity index (χ1) is 18.1. The highest BCUT2D eigenvalue weighted by Crippen LogP contribution is 2.46. The van der Waals surface area contributed by atoms with Gasteiger partial charge in [0.2, 0.25) is 0 Å². The van der Waals surface area contributed by atoms with Crippen LogP contribution in [0, 0.1) is 0 Å². The Morgan fingerprint density at radius 2 is 1.54 bits per heavy atom. The lowest BCUT2D eigenvalue weighted by molar-refractivity contribution is -0.166. The summed E-state index contributed by atoms with van der Waals surface area (Å²) < 4.78 is 29.1. The van der Waals surface area contributed by atoms with E-state index < -0.39 is 23.8 Å². The summed E-state index contributed by atoms with van der Waals surface area (Å²) in [5.41, 5.74) is 1.77. The number of carbonyl (C=O) groups is 1. The summed E-state index contributed by atoms with van der Waals surface area (Å²) in [6.07, 6.45) is 1.80. The fraction of sp³-hybridized carbons (Fsp3) is 0.0938. The molecule has 3 atom stereocenters. The minimum absolute atomic E-state index is 0.421. The van der Waals surface area contributed by atoms with Crippen molar-refractivity contribution >= 4 is 33.5 Å². The summed E-state index contributed by atoms with van der Waals surface area (Å²) in [5, 5.41) is 11.9. The second-order valence-corrected chi connectivity index (χ2v) is 9.04. The van der Waals surface area contributed by atoms with Gasteiger partial charge in [-0.05, 0) is 34.9 Å². The molecule has 0 saturated carbocycles. The number of benzene rings is 4. The fourth-order valence-corrected chi connectivity index (χ4v) is 5.01. The third-order valence-corrected chi connectivity index (χ3v) is 6.82. The zero-order chi connectivity index (χ0) is 25.4. The van der Waals surface area contributed by atoms with Crippen LogP contribution in [0.15, 0.2) is 126 Å². The second-order valence-electron chi connectivity index (χ2n) is 9.04. The molecule has 1 N–H and O–H groups in total. The number of ether oxygens (including phenoxy) is 1. The van der Waals surface area contributed by atoms with Gasteiger partial charge >= 0.3 is 5.97 Å². The molecule has 4 nitrogen and oxygen atoms in total. The molecule has 3 unspecified atom stereocenters. The number of rotatable bonds is 6. The van der Waals surface area contributed by atoms with E-state index in [1.54, 1.807) is 48.6 Å². The molecule has 0 fully saturated rings. The number of para-hydroxylation sites is 2. The fourth-order valence-electron chi connectivity index (χ4n) is 5.01. The van der Waals surface area contributed by atoms with Crippen molar-refractivity contribution in [2.75, 3.05) is 0 Å². The van der Waals surface area contributed by atoms with Crippen LogP contribution in [0.5, 0.6) is 0 Å². The van der Waals surface area contributed by atoms with Crippen LogP contribution in [0.3, 0.4) is 0 Å². The van der Waals surface area contributed by atoms with Gasteiger partial charge in [0.25, 0.3) is 0 Å². The number of carboxylic acids is 1. The van der Waals surface area contributed by atoms with Gasteiger partial charge in [-0.15, -0.1) is 0 Å². The standard InChI is InChI=1S/C32H23FO4/c33-28-20-23(21-10-3-1-4-11-21)18-19-32(28,37-29(31(34)35)22-12-5-2-6-13-22)26-16-9-15-25-24-14-7-8-17-27(24)36-30(25)26/h1-20,28-29H,(H,34,35). The quantitative estimate of drug-likeness (QED) is 0.266. The van der Waals surface area contributed by atoms with E-state index in [-0.39, 0.29) is 0 Å². The molecule has 5 aromatic rings. The summed E-state index contributed by atoms with van der Waals surface area (Å²) in [6.45, 7) is 0. The maximum absolute atomic E-state index is 16.6. The summed E-state index contributed by atoms with van der Waals surface area (Å²) in [7, 11) is 0. The lowest BCUT2D eigenvalue weighted by atomic mass is 9.81. The van der Waals surface area contributed by atoms with Crippen molar-refractivity contribution < 1.29 is 23.4 Å². The summed E-state index contributed by atoms with van der Waals surface area (Å²) >= 11 is 0. The van der Waals surface area contributed by atoms with Crippen LogP contribution in [-0.2, 0) is 15.1 Å². The van der Waals surface area contributed by atoms with E-state index in [0.717, 1.165) is 16.3 Å². The molecule has 0 amide bonds. The van der Waals surface area contributed by atoms with Crippen LogP contribution in [-0.4, -0.2) is 17.2 Å². The molecule has 0 spiro atoms. The van der Waals surface area contributed by atoms with Crippen LogP contribution in [0.1, 0.15) is 22.8 Å². The van der Waals surface area contributed by atoms with Crippen molar-refractivity contribution in [1.82, 2.24) is 0 Å². The first-order valence-electron chi connectivity index (χ1n) is 12.0. The first-order valence-corrected chi connectivity index (χ1v) is 12.0. The molecular weight excluding hydrogens is 467 g/mol. The molecular formula is C32H23FO4. The third-order valence-electron chi connectivity index (χ3n) is 6.82. The Labute approximate surface area is 212 Å². The van der Waals surface area contributed by atoms with Crippen LogP contribution in [0.4, 0.5) is 4.39 Å². The molecule has 1 aliphatic carbocycles. The predicted octanol–water partition coefficient (Wildman–Crippen LogP) is 7.62. The third kappa shape index (κ3) is 3.94. The van der Waals surface area contributed by atoms with Crippen molar-refractivity contribution in [1.29, 1.82) is 0 Å². The summed E-state index contributed by atoms with van der Waals surface area (Å²) in [5.74, 6) is -1.21. The Kier molecular flexibility index (Phi) is 5.70. The zero-order valence-corrected chi connectivity index (χ0v) is 19.8. The van der Waals surface area contributed by atoms with Gasteiger partial charge in [0.1, 0.15) is 11.2 Å². The minimum Gasteiger partial charge on any atom is -0.479 e. The van der Waals surface area contributed by atoms with Crippen molar-refractivity contribution in [3.8, 4) is 0 Å². The topological polar surface area (TPSA) is 59.7 Å². The van der Waals surface area contributed by atoms with E-state index in [0.29, 0.717) is 27.9 Å². The first kappa shape index (κ1) is 23.0. The van der Waals surface area contributed by atoms with E-state index in [4.69, 9.17) is 9.15 Å². The smallest absolute Gasteiger partial charge is 0.337 e. The predicted molar refractivity (Wildman–Crippen MR) is 142 cm³/mol. The SMILES string of the molecule is O=C(O)C(OC1(c2cccc3c2oc2ccccc23)C=CC(c2ccccc2)=CC1F)c1ccccc1. The van der Waals surface area contributed by atoms with Crippen molar-refractivity contribution in [2.45, 2.75) is 17.9 Å². The summed E-state index contributed by atoms with van der Waals surface area (Å²) in [6, 6.07) is 31.1. The Morgan fingerprint density at radius 3 is 2.27 bits per heavy atom. The number of carboxylic acid groups (broad SMARTS) is 1. The number of allylic oxidation sites excluding steroid dienone is 2. The minimum atomic E-state index is -1.75. The van der Waals surface area contributed by atoms with Gasteiger partial charge in [-0.25, -0.2) is 9.18 Å². The molecule has 6 rings (SSSR count). The Hall–Kier alpha value is -4.48. The molecule has 1 aromatic heterocycles. The molecule has 5 heteroatoms. The number of hydrogen-bond donors (Lipinski definition) is 1. The van der Waals surface area contributed by atoms with Crippen LogP contribution < -0.4 is 0 Å². The number of alkyl halides is 1. The molecule has 0 bridgehead atoms. The molecule has 0 saturated heterocycles. The van der Waals surface area contributed by atoms with Gasteiger partial charge in [-0.1, -0.05) is 103 Å². The molecule has 1 heterocycles. The van der Waals surface area contributed by atoms with E-state index in [9.17, 15) is 9.90 Å². The highest BCUT2D eigenvalue weighted by molar-refractivity contribution is 6.06. The molecule has 182 valence electrons. The van der Waals surface area contributed by atoms with Gasteiger partial charge in [0.15, 0.2) is 17.9 Å². The molecule has 1 aliphatic rings. The van der Waals surface area contributed by atoms with Crippen LogP contribution >= 0.6 is 0 Å². The number of furan rings is 1. The lowest BCUT2D eigenvalue weighted by Gasteiger charge is -2.38. The monoisotopic (exact) mass is 490 g/mol. The molecule has 0 aliphatic heterocycles. The molecule has 0 radical (unpaired) electrons. The maximum atomic E-state index is 16.6.